The van der Waals surface area contributed by atoms with E-state index in [1.807, 2.05) is 0 Å². The van der Waals surface area contributed by atoms with Gasteiger partial charge in [-0.3, -0.25) is 15.6 Å². The number of halogens is 2. The Morgan fingerprint density at radius 2 is 2.04 bits per heavy atom. The highest BCUT2D eigenvalue weighted by Crippen LogP contribution is 2.29. The van der Waals surface area contributed by atoms with Crippen LogP contribution in [0, 0.1) is 17.7 Å². The molecule has 1 aromatic carbocycles. The van der Waals surface area contributed by atoms with Crippen molar-refractivity contribution < 1.29 is 9.18 Å². The molecule has 7 heteroatoms. The molecule has 0 saturated heterocycles. The van der Waals surface area contributed by atoms with E-state index in [9.17, 15) is 9.18 Å². The highest BCUT2D eigenvalue weighted by molar-refractivity contribution is 9.10. The van der Waals surface area contributed by atoms with Crippen molar-refractivity contribution in [3.63, 3.8) is 0 Å². The number of hydrogen-bond acceptors (Lipinski definition) is 2. The van der Waals surface area contributed by atoms with E-state index in [2.05, 4.69) is 45.9 Å². The van der Waals surface area contributed by atoms with Gasteiger partial charge in [0, 0.05) is 10.5 Å². The first kappa shape index (κ1) is 18.1. The van der Waals surface area contributed by atoms with E-state index >= 15 is 0 Å². The van der Waals surface area contributed by atoms with Crippen molar-refractivity contribution in [3.8, 4) is 0 Å². The van der Waals surface area contributed by atoms with Crippen molar-refractivity contribution in [3.05, 3.63) is 34.1 Å². The molecule has 1 aromatic rings. The summed E-state index contributed by atoms with van der Waals surface area (Å²) in [5.41, 5.74) is 5.58. The normalized spacial score (nSPS) is 23.9. The summed E-state index contributed by atoms with van der Waals surface area (Å²) in [7, 11) is 0. The molecule has 4 nitrogen and oxygen atoms in total. The first-order valence-corrected chi connectivity index (χ1v) is 8.90. The SMILES string of the molecule is C[C@@H]1[C@H](C)CCC[C@@H]1NC(=S)NNC(=O)c1ccc(F)cc1Br. The van der Waals surface area contributed by atoms with Crippen molar-refractivity contribution in [2.45, 2.75) is 39.2 Å². The molecule has 23 heavy (non-hydrogen) atoms. The van der Waals surface area contributed by atoms with Gasteiger partial charge in [0.25, 0.3) is 5.91 Å². The van der Waals surface area contributed by atoms with Gasteiger partial charge in [-0.1, -0.05) is 26.7 Å². The van der Waals surface area contributed by atoms with Crippen LogP contribution in [0.15, 0.2) is 22.7 Å². The maximum Gasteiger partial charge on any atom is 0.270 e. The van der Waals surface area contributed by atoms with Crippen LogP contribution in [0.1, 0.15) is 43.5 Å². The van der Waals surface area contributed by atoms with Gasteiger partial charge in [-0.25, -0.2) is 4.39 Å². The third-order valence-corrected chi connectivity index (χ3v) is 5.36. The molecule has 3 atom stereocenters. The molecule has 1 aliphatic carbocycles. The molecular weight excluding hydrogens is 381 g/mol. The summed E-state index contributed by atoms with van der Waals surface area (Å²) in [5, 5.41) is 3.65. The molecule has 0 spiro atoms. The van der Waals surface area contributed by atoms with Crippen molar-refractivity contribution in [2.75, 3.05) is 0 Å². The van der Waals surface area contributed by atoms with Crippen LogP contribution in [0.2, 0.25) is 0 Å². The van der Waals surface area contributed by atoms with Gasteiger partial charge in [0.15, 0.2) is 5.11 Å². The molecule has 0 radical (unpaired) electrons. The molecule has 1 amide bonds. The van der Waals surface area contributed by atoms with E-state index in [0.29, 0.717) is 33.0 Å². The number of carbonyl (C=O) groups is 1. The van der Waals surface area contributed by atoms with Crippen LogP contribution >= 0.6 is 28.1 Å². The minimum absolute atomic E-state index is 0.313. The third kappa shape index (κ3) is 4.88. The molecule has 1 saturated carbocycles. The molecule has 0 aliphatic heterocycles. The summed E-state index contributed by atoms with van der Waals surface area (Å²) in [4.78, 5) is 12.1. The first-order chi connectivity index (χ1) is 10.9. The van der Waals surface area contributed by atoms with Crippen LogP contribution in [0.5, 0.6) is 0 Å². The number of benzene rings is 1. The summed E-state index contributed by atoms with van der Waals surface area (Å²) in [5.74, 6) is 0.407. The van der Waals surface area contributed by atoms with Crippen LogP contribution in [0.4, 0.5) is 4.39 Å². The monoisotopic (exact) mass is 401 g/mol. The molecule has 2 rings (SSSR count). The number of carbonyl (C=O) groups excluding carboxylic acids is 1. The molecule has 1 fully saturated rings. The Bertz CT molecular complexity index is 599. The second kappa shape index (κ2) is 8.06. The third-order valence-electron chi connectivity index (χ3n) is 4.49. The number of nitrogens with one attached hydrogen (secondary N) is 3. The highest BCUT2D eigenvalue weighted by Gasteiger charge is 2.27. The Kier molecular flexibility index (Phi) is 6.35. The van der Waals surface area contributed by atoms with Crippen molar-refractivity contribution >= 4 is 39.2 Å². The van der Waals surface area contributed by atoms with Crippen molar-refractivity contribution in [2.24, 2.45) is 11.8 Å². The van der Waals surface area contributed by atoms with Crippen LogP contribution in [0.3, 0.4) is 0 Å². The van der Waals surface area contributed by atoms with Crippen LogP contribution < -0.4 is 16.2 Å². The predicted molar refractivity (Wildman–Crippen MR) is 96.4 cm³/mol. The smallest absolute Gasteiger partial charge is 0.270 e. The maximum atomic E-state index is 13.0. The zero-order chi connectivity index (χ0) is 17.0. The van der Waals surface area contributed by atoms with Gasteiger partial charge in [-0.2, -0.15) is 0 Å². The van der Waals surface area contributed by atoms with Gasteiger partial charge in [-0.15, -0.1) is 0 Å². The van der Waals surface area contributed by atoms with Crippen LogP contribution in [0.25, 0.3) is 0 Å². The van der Waals surface area contributed by atoms with E-state index in [1.54, 1.807) is 0 Å². The van der Waals surface area contributed by atoms with Gasteiger partial charge < -0.3 is 5.32 Å². The Labute approximate surface area is 149 Å². The van der Waals surface area contributed by atoms with Gasteiger partial charge in [0.05, 0.1) is 5.56 Å². The lowest BCUT2D eigenvalue weighted by Gasteiger charge is -2.35. The molecule has 0 unspecified atom stereocenters. The first-order valence-electron chi connectivity index (χ1n) is 7.70. The average Bonchev–Trinajstić information content (AvgIpc) is 2.49. The number of amides is 1. The fourth-order valence-corrected chi connectivity index (χ4v) is 3.58. The molecule has 0 heterocycles. The minimum Gasteiger partial charge on any atom is -0.358 e. The average molecular weight is 402 g/mol. The molecule has 1 aliphatic rings. The summed E-state index contributed by atoms with van der Waals surface area (Å²) in [6, 6.07) is 4.21. The molecule has 0 bridgehead atoms. The van der Waals surface area contributed by atoms with Crippen molar-refractivity contribution in [1.29, 1.82) is 0 Å². The number of hydrogen-bond donors (Lipinski definition) is 3. The summed E-state index contributed by atoms with van der Waals surface area (Å²) in [6.07, 6.45) is 3.50. The molecular formula is C16H21BrFN3OS. The van der Waals surface area contributed by atoms with E-state index in [-0.39, 0.29) is 5.91 Å². The second-order valence-electron chi connectivity index (χ2n) is 6.05. The zero-order valence-electron chi connectivity index (χ0n) is 13.2. The van der Waals surface area contributed by atoms with Gasteiger partial charge in [-0.05, 0) is 64.6 Å². The van der Waals surface area contributed by atoms with E-state index in [4.69, 9.17) is 12.2 Å². The highest BCUT2D eigenvalue weighted by atomic mass is 79.9. The molecule has 0 aromatic heterocycles. The zero-order valence-corrected chi connectivity index (χ0v) is 15.6. The van der Waals surface area contributed by atoms with Crippen molar-refractivity contribution in [1.82, 2.24) is 16.2 Å². The van der Waals surface area contributed by atoms with E-state index in [0.717, 1.165) is 6.42 Å². The Balaban J connectivity index is 1.85. The fourth-order valence-electron chi connectivity index (χ4n) is 2.84. The Morgan fingerprint density at radius 1 is 1.30 bits per heavy atom. The van der Waals surface area contributed by atoms with E-state index < -0.39 is 5.82 Å². The Morgan fingerprint density at radius 3 is 2.74 bits per heavy atom. The van der Waals surface area contributed by atoms with Crippen LogP contribution in [-0.4, -0.2) is 17.1 Å². The summed E-state index contributed by atoms with van der Waals surface area (Å²) >= 11 is 8.41. The topological polar surface area (TPSA) is 53.2 Å². The number of thiocarbonyl (C=S) groups is 1. The maximum absolute atomic E-state index is 13.0. The lowest BCUT2D eigenvalue weighted by atomic mass is 9.78. The molecule has 3 N–H and O–H groups in total. The minimum atomic E-state index is -0.404. The second-order valence-corrected chi connectivity index (χ2v) is 7.31. The summed E-state index contributed by atoms with van der Waals surface area (Å²) in [6.45, 7) is 4.47. The molecule has 126 valence electrons. The largest absolute Gasteiger partial charge is 0.358 e. The predicted octanol–water partition coefficient (Wildman–Crippen LogP) is 3.52. The summed E-state index contributed by atoms with van der Waals surface area (Å²) < 4.78 is 13.4. The van der Waals surface area contributed by atoms with Gasteiger partial charge in [0.1, 0.15) is 5.82 Å². The lowest BCUT2D eigenvalue weighted by Crippen LogP contribution is -2.52. The van der Waals surface area contributed by atoms with E-state index in [1.165, 1.54) is 31.0 Å². The fraction of sp³-hybridized carbons (Fsp3) is 0.500. The number of hydrazine groups is 1. The van der Waals surface area contributed by atoms with Crippen LogP contribution in [-0.2, 0) is 0 Å². The standard InChI is InChI=1S/C16H21BrFN3OS/c1-9-4-3-5-14(10(9)2)19-16(23)21-20-15(22)12-7-6-11(18)8-13(12)17/h6-10,14H,3-5H2,1-2H3,(H,20,22)(H2,19,21,23)/t9-,10-,14+/m1/s1. The lowest BCUT2D eigenvalue weighted by molar-refractivity contribution is 0.0942. The number of rotatable bonds is 2. The van der Waals surface area contributed by atoms with Gasteiger partial charge in [0.2, 0.25) is 0 Å². The quantitative estimate of drug-likeness (QED) is 0.524. The van der Waals surface area contributed by atoms with Gasteiger partial charge >= 0.3 is 0 Å². The Hall–Kier alpha value is -1.21.